The largest absolute Gasteiger partial charge is 0.400 e. The van der Waals surface area contributed by atoms with Crippen LogP contribution in [0.25, 0.3) is 22.8 Å². The van der Waals surface area contributed by atoms with Crippen LogP contribution >= 0.6 is 0 Å². The summed E-state index contributed by atoms with van der Waals surface area (Å²) in [5.74, 6) is 1.46. The summed E-state index contributed by atoms with van der Waals surface area (Å²) in [5.41, 5.74) is 2.96. The average molecular weight is 412 g/mol. The third kappa shape index (κ3) is 5.15. The highest BCUT2D eigenvalue weighted by atomic mass is 16.2. The molecule has 4 N–H and O–H groups in total. The molecule has 2 aliphatic rings. The van der Waals surface area contributed by atoms with Gasteiger partial charge in [-0.05, 0) is 19.1 Å². The highest BCUT2D eigenvalue weighted by molar-refractivity contribution is 5.98. The summed E-state index contributed by atoms with van der Waals surface area (Å²) in [5, 5.41) is 19.2. The molecule has 3 aromatic rings. The lowest BCUT2D eigenvalue weighted by atomic mass is 10.1. The zero-order valence-electron chi connectivity index (χ0n) is 17.1. The van der Waals surface area contributed by atoms with E-state index >= 15 is 0 Å². The Balaban J connectivity index is 0.000000371. The molecule has 1 amide bonds. The van der Waals surface area contributed by atoms with Gasteiger partial charge in [-0.15, -0.1) is 0 Å². The van der Waals surface area contributed by atoms with Gasteiger partial charge in [0.05, 0.1) is 18.4 Å². The number of rotatable bonds is 2. The number of fused-ring (bicyclic) bond motifs is 1. The Morgan fingerprint density at radius 1 is 0.967 bits per heavy atom. The Morgan fingerprint density at radius 2 is 1.70 bits per heavy atom. The van der Waals surface area contributed by atoms with E-state index in [0.29, 0.717) is 28.8 Å². The molecule has 3 aromatic heterocycles. The average Bonchev–Trinajstić information content (AvgIpc) is 3.51. The van der Waals surface area contributed by atoms with Gasteiger partial charge in [0.2, 0.25) is 5.91 Å². The van der Waals surface area contributed by atoms with Crippen molar-refractivity contribution in [2.45, 2.75) is 39.0 Å². The first-order valence-corrected chi connectivity index (χ1v) is 9.90. The third-order valence-electron chi connectivity index (χ3n) is 4.72. The maximum Gasteiger partial charge on any atom is 0.244 e. The van der Waals surface area contributed by atoms with E-state index in [1.54, 1.807) is 6.20 Å². The monoisotopic (exact) mass is 412 g/mol. The minimum absolute atomic E-state index is 0. The second kappa shape index (κ2) is 10.4. The molecule has 0 aromatic carbocycles. The summed E-state index contributed by atoms with van der Waals surface area (Å²) < 4.78 is 0. The van der Waals surface area contributed by atoms with Gasteiger partial charge < -0.3 is 15.7 Å². The van der Waals surface area contributed by atoms with Crippen LogP contribution < -0.4 is 10.6 Å². The van der Waals surface area contributed by atoms with E-state index in [0.717, 1.165) is 18.4 Å². The van der Waals surface area contributed by atoms with Gasteiger partial charge in [-0.25, -0.2) is 19.9 Å². The van der Waals surface area contributed by atoms with Crippen molar-refractivity contribution in [1.82, 2.24) is 30.1 Å². The van der Waals surface area contributed by atoms with Gasteiger partial charge in [-0.2, -0.15) is 5.10 Å². The number of pyridine rings is 1. The maximum atomic E-state index is 11.4. The molecule has 0 unspecified atom stereocenters. The molecule has 10 heteroatoms. The number of hydrogen-bond acceptors (Lipinski definition) is 8. The number of aryl methyl sites for hydroxylation is 1. The predicted octanol–water partition coefficient (Wildman–Crippen LogP) is 2.80. The Morgan fingerprint density at radius 3 is 2.33 bits per heavy atom. The van der Waals surface area contributed by atoms with Crippen molar-refractivity contribution in [3.05, 3.63) is 30.4 Å². The van der Waals surface area contributed by atoms with Crippen LogP contribution in [-0.4, -0.2) is 54.8 Å². The van der Waals surface area contributed by atoms with Crippen molar-refractivity contribution < 1.29 is 11.3 Å². The summed E-state index contributed by atoms with van der Waals surface area (Å²) in [7, 11) is 1.00. The number of aliphatic hydroxyl groups is 1. The number of aromatic nitrogens is 6. The molecule has 1 fully saturated rings. The number of aromatic amines is 1. The van der Waals surface area contributed by atoms with Crippen LogP contribution in [0.3, 0.4) is 0 Å². The molecular formula is C20H28N8O2. The molecule has 1 aliphatic heterocycles. The smallest absolute Gasteiger partial charge is 0.244 e. The fraction of sp³-hybridized carbons (Fsp3) is 0.400. The highest BCUT2D eigenvalue weighted by Crippen LogP contribution is 2.27. The number of nitrogens with one attached hydrogen (secondary N) is 3. The van der Waals surface area contributed by atoms with Crippen molar-refractivity contribution in [2.24, 2.45) is 0 Å². The number of nitrogens with zero attached hydrogens (tertiary/aromatic N) is 5. The molecule has 160 valence electrons. The van der Waals surface area contributed by atoms with E-state index < -0.39 is 0 Å². The van der Waals surface area contributed by atoms with Gasteiger partial charge >= 0.3 is 0 Å². The fourth-order valence-corrected chi connectivity index (χ4v) is 3.25. The van der Waals surface area contributed by atoms with Crippen molar-refractivity contribution in [1.29, 1.82) is 0 Å². The van der Waals surface area contributed by atoms with E-state index in [9.17, 15) is 4.79 Å². The molecule has 5 rings (SSSR count). The number of anilines is 2. The van der Waals surface area contributed by atoms with Crippen LogP contribution in [0.15, 0.2) is 24.7 Å². The molecular weight excluding hydrogens is 384 g/mol. The third-order valence-corrected chi connectivity index (χ3v) is 4.72. The van der Waals surface area contributed by atoms with E-state index in [1.165, 1.54) is 38.4 Å². The van der Waals surface area contributed by atoms with E-state index in [-0.39, 0.29) is 13.9 Å². The lowest BCUT2D eigenvalue weighted by Crippen LogP contribution is -2.28. The SMILES string of the molecule is C1CCCC1.CO.Cc1nc(-c2ncn[nH]2)ccc1-c1cnc2c(n1)NC(=O)CN2.[HH]. The van der Waals surface area contributed by atoms with Gasteiger partial charge in [-0.1, -0.05) is 32.1 Å². The molecule has 4 heterocycles. The standard InChI is InChI=1S/C14H12N8O.C5H10.CH4O.H2/c1-7-8(2-3-9(19-7)12-17-6-18-22-12)10-4-15-13-14(20-10)21-11(23)5-16-13;1-2-4-5-3-1;1-2;/h2-4,6H,5H2,1H3,(H,15,16)(H,17,18,22)(H,20,21,23);1-5H2;2H,1H3;1H. The molecule has 0 saturated heterocycles. The Hall–Kier alpha value is -3.40. The lowest BCUT2D eigenvalue weighted by molar-refractivity contribution is -0.114. The van der Waals surface area contributed by atoms with Gasteiger partial charge in [0.1, 0.15) is 12.0 Å². The first kappa shape index (κ1) is 21.3. The Kier molecular flexibility index (Phi) is 7.39. The highest BCUT2D eigenvalue weighted by Gasteiger charge is 2.18. The van der Waals surface area contributed by atoms with Gasteiger partial charge in [-0.3, -0.25) is 9.89 Å². The number of carbonyl (C=O) groups is 1. The molecule has 0 radical (unpaired) electrons. The fourth-order valence-electron chi connectivity index (χ4n) is 3.25. The predicted molar refractivity (Wildman–Crippen MR) is 116 cm³/mol. The normalized spacial score (nSPS) is 14.3. The minimum Gasteiger partial charge on any atom is -0.400 e. The number of carbonyl (C=O) groups excluding carboxylic acids is 1. The van der Waals surface area contributed by atoms with E-state index in [4.69, 9.17) is 5.11 Å². The number of amides is 1. The molecule has 1 saturated carbocycles. The van der Waals surface area contributed by atoms with Crippen molar-refractivity contribution in [2.75, 3.05) is 24.3 Å². The van der Waals surface area contributed by atoms with Crippen LogP contribution in [-0.2, 0) is 4.79 Å². The molecule has 0 bridgehead atoms. The van der Waals surface area contributed by atoms with E-state index in [1.807, 2.05) is 19.1 Å². The van der Waals surface area contributed by atoms with Crippen LogP contribution in [0.2, 0.25) is 0 Å². The van der Waals surface area contributed by atoms with Crippen molar-refractivity contribution in [3.8, 4) is 22.8 Å². The first-order chi connectivity index (χ1) is 14.7. The summed E-state index contributed by atoms with van der Waals surface area (Å²) in [6.45, 7) is 2.08. The molecule has 30 heavy (non-hydrogen) atoms. The quantitative estimate of drug-likeness (QED) is 0.503. The van der Waals surface area contributed by atoms with Crippen LogP contribution in [0, 0.1) is 6.92 Å². The first-order valence-electron chi connectivity index (χ1n) is 9.90. The topological polar surface area (TPSA) is 142 Å². The summed E-state index contributed by atoms with van der Waals surface area (Å²) in [6.07, 6.45) is 10.6. The van der Waals surface area contributed by atoms with Gasteiger partial charge in [0.25, 0.3) is 0 Å². The molecule has 1 aliphatic carbocycles. The second-order valence-corrected chi connectivity index (χ2v) is 6.79. The van der Waals surface area contributed by atoms with Crippen molar-refractivity contribution >= 4 is 17.5 Å². The zero-order valence-corrected chi connectivity index (χ0v) is 17.1. The second-order valence-electron chi connectivity index (χ2n) is 6.79. The van der Waals surface area contributed by atoms with Crippen LogP contribution in [0.4, 0.5) is 11.6 Å². The van der Waals surface area contributed by atoms with Gasteiger partial charge in [0.15, 0.2) is 17.5 Å². The van der Waals surface area contributed by atoms with Crippen LogP contribution in [0.1, 0.15) is 39.2 Å². The number of aliphatic hydroxyl groups excluding tert-OH is 1. The zero-order chi connectivity index (χ0) is 21.3. The molecule has 0 spiro atoms. The maximum absolute atomic E-state index is 11.4. The Bertz CT molecular complexity index is 970. The van der Waals surface area contributed by atoms with Crippen LogP contribution in [0.5, 0.6) is 0 Å². The number of hydrogen-bond donors (Lipinski definition) is 4. The van der Waals surface area contributed by atoms with E-state index in [2.05, 4.69) is 40.8 Å². The van der Waals surface area contributed by atoms with Gasteiger partial charge in [0, 0.05) is 19.8 Å². The lowest BCUT2D eigenvalue weighted by Gasteiger charge is -2.17. The minimum atomic E-state index is -0.139. The summed E-state index contributed by atoms with van der Waals surface area (Å²) >= 11 is 0. The number of H-pyrrole nitrogens is 1. The summed E-state index contributed by atoms with van der Waals surface area (Å²) in [6, 6.07) is 3.73. The molecule has 0 atom stereocenters. The summed E-state index contributed by atoms with van der Waals surface area (Å²) in [4.78, 5) is 28.8. The Labute approximate surface area is 176 Å². The van der Waals surface area contributed by atoms with Crippen molar-refractivity contribution in [3.63, 3.8) is 0 Å². The molecule has 10 nitrogen and oxygen atoms in total.